The van der Waals surface area contributed by atoms with E-state index >= 15 is 0 Å². The van der Waals surface area contributed by atoms with Gasteiger partial charge >= 0.3 is 5.97 Å². The summed E-state index contributed by atoms with van der Waals surface area (Å²) in [7, 11) is 1.28. The van der Waals surface area contributed by atoms with Crippen LogP contribution in [0.4, 0.5) is 0 Å². The number of carbonyl (C=O) groups is 3. The lowest BCUT2D eigenvalue weighted by Crippen LogP contribution is -2.57. The number of aliphatic carboxylic acids is 1. The van der Waals surface area contributed by atoms with E-state index in [0.717, 1.165) is 22.9 Å². The molecule has 0 aliphatic carbocycles. The Morgan fingerprint density at radius 1 is 1.63 bits per heavy atom. The first kappa shape index (κ1) is 13.4. The molecule has 2 aliphatic rings. The lowest BCUT2D eigenvalue weighted by molar-refractivity contribution is -0.146. The van der Waals surface area contributed by atoms with Gasteiger partial charge in [-0.1, -0.05) is 5.16 Å². The Labute approximate surface area is 112 Å². The summed E-state index contributed by atoms with van der Waals surface area (Å²) in [5, 5.41) is 11.2. The third-order valence-corrected chi connectivity index (χ3v) is 4.19. The second kappa shape index (κ2) is 4.92. The highest BCUT2D eigenvalue weighted by Gasteiger charge is 2.49. The van der Waals surface area contributed by atoms with Crippen molar-refractivity contribution in [3.05, 3.63) is 11.4 Å². The molecule has 2 aliphatic heterocycles. The molecule has 0 aromatic carbocycles. The zero-order valence-corrected chi connectivity index (χ0v) is 10.7. The molecule has 2 rings (SSSR count). The predicted molar refractivity (Wildman–Crippen MR) is 66.0 cm³/mol. The quantitative estimate of drug-likeness (QED) is 0.390. The number of nitrogens with two attached hydrogens (primary N) is 1. The van der Waals surface area contributed by atoms with Crippen molar-refractivity contribution in [2.45, 2.75) is 17.0 Å². The summed E-state index contributed by atoms with van der Waals surface area (Å²) in [5.41, 5.74) is 5.25. The minimum absolute atomic E-state index is 0.144. The molecule has 3 N–H and O–H groups in total. The molecule has 9 heteroatoms. The molecule has 0 aromatic heterocycles. The minimum atomic E-state index is -1.32. The van der Waals surface area contributed by atoms with Crippen molar-refractivity contribution in [1.29, 1.82) is 0 Å². The molecule has 0 spiro atoms. The molecule has 102 valence electrons. The number of nitrogens with zero attached hydrogens (tertiary/aromatic N) is 2. The van der Waals surface area contributed by atoms with E-state index in [0.29, 0.717) is 0 Å². The average molecular weight is 285 g/mol. The van der Waals surface area contributed by atoms with Gasteiger partial charge in [-0.15, -0.1) is 11.8 Å². The minimum Gasteiger partial charge on any atom is -0.477 e. The van der Waals surface area contributed by atoms with Crippen molar-refractivity contribution < 1.29 is 24.3 Å². The number of carbonyl (C=O) groups excluding carboxylic acids is 2. The molecule has 1 fully saturated rings. The molecular weight excluding hydrogens is 274 g/mol. The summed E-state index contributed by atoms with van der Waals surface area (Å²) in [5.74, 6) is -2.10. The maximum atomic E-state index is 11.8. The summed E-state index contributed by atoms with van der Waals surface area (Å²) in [6.45, 7) is 0. The number of fused-ring (bicyclic) bond motifs is 1. The van der Waals surface area contributed by atoms with Gasteiger partial charge in [-0.2, -0.15) is 0 Å². The highest BCUT2D eigenvalue weighted by molar-refractivity contribution is 8.01. The van der Waals surface area contributed by atoms with E-state index in [9.17, 15) is 14.4 Å². The van der Waals surface area contributed by atoms with Gasteiger partial charge in [-0.05, 0) is 0 Å². The summed E-state index contributed by atoms with van der Waals surface area (Å²) in [6.07, 6.45) is 1.14. The van der Waals surface area contributed by atoms with Gasteiger partial charge in [0.05, 0.1) is 17.5 Å². The van der Waals surface area contributed by atoms with Crippen molar-refractivity contribution >= 4 is 35.6 Å². The fraction of sp³-hybridized carbons (Fsp3) is 0.400. The van der Waals surface area contributed by atoms with E-state index in [1.807, 2.05) is 0 Å². The molecule has 19 heavy (non-hydrogen) atoms. The fourth-order valence-electron chi connectivity index (χ4n) is 1.88. The zero-order valence-electron chi connectivity index (χ0n) is 9.90. The van der Waals surface area contributed by atoms with Crippen LogP contribution in [0.2, 0.25) is 0 Å². The molecule has 2 atom stereocenters. The average Bonchev–Trinajstić information content (AvgIpc) is 2.35. The largest absolute Gasteiger partial charge is 0.477 e. The van der Waals surface area contributed by atoms with E-state index in [1.165, 1.54) is 7.11 Å². The Morgan fingerprint density at radius 2 is 2.32 bits per heavy atom. The second-order valence-electron chi connectivity index (χ2n) is 3.87. The Morgan fingerprint density at radius 3 is 2.84 bits per heavy atom. The third-order valence-electron chi connectivity index (χ3n) is 2.74. The highest BCUT2D eigenvalue weighted by Crippen LogP contribution is 2.42. The normalized spacial score (nSPS) is 26.2. The van der Waals surface area contributed by atoms with E-state index in [4.69, 9.17) is 10.8 Å². The standard InChI is InChI=1S/C10H11N3O5S/c1-18-12-3-4(14)9-7(11)8(10(16)17)13-5(15)2-6(13)19-9/h3,6,9H,2,11H2,1H3,(H,16,17). The lowest BCUT2D eigenvalue weighted by atomic mass is 10.1. The molecule has 8 nitrogen and oxygen atoms in total. The van der Waals surface area contributed by atoms with Gasteiger partial charge in [0.25, 0.3) is 0 Å². The summed E-state index contributed by atoms with van der Waals surface area (Å²) >= 11 is 1.14. The van der Waals surface area contributed by atoms with Crippen LogP contribution in [0.3, 0.4) is 0 Å². The van der Waals surface area contributed by atoms with Crippen molar-refractivity contribution in [1.82, 2.24) is 4.90 Å². The number of thioether (sulfide) groups is 1. The molecule has 0 saturated carbocycles. The van der Waals surface area contributed by atoms with Gasteiger partial charge in [0, 0.05) is 0 Å². The van der Waals surface area contributed by atoms with Crippen molar-refractivity contribution in [2.75, 3.05) is 7.11 Å². The van der Waals surface area contributed by atoms with Crippen LogP contribution in [-0.4, -0.2) is 51.6 Å². The maximum absolute atomic E-state index is 11.8. The Balaban J connectivity index is 2.34. The smallest absolute Gasteiger partial charge is 0.354 e. The van der Waals surface area contributed by atoms with Crippen LogP contribution in [-0.2, 0) is 19.2 Å². The van der Waals surface area contributed by atoms with Crippen LogP contribution in [0.15, 0.2) is 16.5 Å². The zero-order chi connectivity index (χ0) is 14.2. The number of carboxylic acids is 1. The Hall–Kier alpha value is -2.03. The van der Waals surface area contributed by atoms with Crippen LogP contribution in [0, 0.1) is 0 Å². The number of hydrogen-bond donors (Lipinski definition) is 2. The molecule has 1 amide bonds. The molecule has 2 unspecified atom stereocenters. The second-order valence-corrected chi connectivity index (χ2v) is 5.15. The van der Waals surface area contributed by atoms with E-state index in [2.05, 4.69) is 9.99 Å². The number of β-lactam (4-membered cyclic amide) rings is 1. The molecule has 0 radical (unpaired) electrons. The highest BCUT2D eigenvalue weighted by atomic mass is 32.2. The fourth-order valence-corrected chi connectivity index (χ4v) is 3.23. The number of hydrogen-bond acceptors (Lipinski definition) is 7. The van der Waals surface area contributed by atoms with E-state index in [-0.39, 0.29) is 29.1 Å². The molecule has 2 heterocycles. The molecule has 0 bridgehead atoms. The number of oxime groups is 1. The van der Waals surface area contributed by atoms with Crippen LogP contribution < -0.4 is 5.73 Å². The maximum Gasteiger partial charge on any atom is 0.354 e. The van der Waals surface area contributed by atoms with Gasteiger partial charge in [0.1, 0.15) is 18.6 Å². The lowest BCUT2D eigenvalue weighted by Gasteiger charge is -2.45. The van der Waals surface area contributed by atoms with Crippen LogP contribution >= 0.6 is 11.8 Å². The number of carboxylic acid groups (broad SMARTS) is 1. The van der Waals surface area contributed by atoms with Crippen molar-refractivity contribution in [2.24, 2.45) is 10.9 Å². The number of amides is 1. The summed E-state index contributed by atoms with van der Waals surface area (Å²) in [6, 6.07) is 0. The molecular formula is C10H11N3O5S. The van der Waals surface area contributed by atoms with Gasteiger partial charge in [-0.25, -0.2) is 4.79 Å². The third kappa shape index (κ3) is 2.16. The number of Topliss-reactive ketones (excluding diaryl/α,β-unsaturated/α-hetero) is 1. The van der Waals surface area contributed by atoms with Crippen LogP contribution in [0.25, 0.3) is 0 Å². The first-order valence-electron chi connectivity index (χ1n) is 5.28. The number of ketones is 1. The van der Waals surface area contributed by atoms with Gasteiger partial charge in [0.2, 0.25) is 5.91 Å². The number of rotatable bonds is 4. The van der Waals surface area contributed by atoms with Crippen LogP contribution in [0.5, 0.6) is 0 Å². The van der Waals surface area contributed by atoms with Crippen molar-refractivity contribution in [3.8, 4) is 0 Å². The molecule has 0 aromatic rings. The summed E-state index contributed by atoms with van der Waals surface area (Å²) in [4.78, 5) is 39.9. The van der Waals surface area contributed by atoms with E-state index in [1.54, 1.807) is 0 Å². The molecule has 1 saturated heterocycles. The summed E-state index contributed by atoms with van der Waals surface area (Å²) < 4.78 is 0. The van der Waals surface area contributed by atoms with Gasteiger partial charge in [-0.3, -0.25) is 14.5 Å². The monoisotopic (exact) mass is 285 g/mol. The Bertz CT molecular complexity index is 515. The topological polar surface area (TPSA) is 122 Å². The first-order valence-corrected chi connectivity index (χ1v) is 6.22. The van der Waals surface area contributed by atoms with E-state index < -0.39 is 17.0 Å². The van der Waals surface area contributed by atoms with Crippen molar-refractivity contribution in [3.63, 3.8) is 0 Å². The first-order chi connectivity index (χ1) is 8.97. The predicted octanol–water partition coefficient (Wildman–Crippen LogP) is -0.884. The van der Waals surface area contributed by atoms with Gasteiger partial charge in [0.15, 0.2) is 11.5 Å². The Kier molecular flexibility index (Phi) is 3.47. The SMILES string of the molecule is CON=CC(=O)C1SC2CC(=O)N2C(C(=O)O)=C1N. The van der Waals surface area contributed by atoms with Crippen LogP contribution in [0.1, 0.15) is 6.42 Å². The van der Waals surface area contributed by atoms with Gasteiger partial charge < -0.3 is 15.7 Å².